The van der Waals surface area contributed by atoms with Gasteiger partial charge in [-0.05, 0) is 24.3 Å². The molecule has 0 amide bonds. The molecule has 0 radical (unpaired) electrons. The van der Waals surface area contributed by atoms with E-state index in [9.17, 15) is 4.79 Å². The van der Waals surface area contributed by atoms with Gasteiger partial charge in [0.15, 0.2) is 0 Å². The van der Waals surface area contributed by atoms with Crippen LogP contribution in [0.2, 0.25) is 0 Å². The second-order valence-corrected chi connectivity index (χ2v) is 4.64. The van der Waals surface area contributed by atoms with Crippen LogP contribution in [-0.4, -0.2) is 52.5 Å². The third kappa shape index (κ3) is 3.68. The van der Waals surface area contributed by atoms with E-state index in [1.54, 1.807) is 12.1 Å². The first-order valence-corrected chi connectivity index (χ1v) is 6.41. The highest BCUT2D eigenvalue weighted by molar-refractivity contribution is 5.89. The Morgan fingerprint density at radius 3 is 2.79 bits per heavy atom. The van der Waals surface area contributed by atoms with Crippen LogP contribution in [0.5, 0.6) is 0 Å². The molecule has 1 aliphatic heterocycles. The van der Waals surface area contributed by atoms with Crippen molar-refractivity contribution < 1.29 is 14.3 Å². The predicted octanol–water partition coefficient (Wildman–Crippen LogP) is 0.898. The lowest BCUT2D eigenvalue weighted by Crippen LogP contribution is -2.47. The maximum Gasteiger partial charge on any atom is 0.337 e. The Bertz CT molecular complexity index is 413. The minimum absolute atomic E-state index is 0.309. The van der Waals surface area contributed by atoms with E-state index in [0.29, 0.717) is 11.6 Å². The maximum absolute atomic E-state index is 11.3. The van der Waals surface area contributed by atoms with Crippen LogP contribution in [0.15, 0.2) is 24.3 Å². The monoisotopic (exact) mass is 264 g/mol. The fourth-order valence-electron chi connectivity index (χ4n) is 2.14. The second-order valence-electron chi connectivity index (χ2n) is 4.64. The van der Waals surface area contributed by atoms with Crippen molar-refractivity contribution in [3.05, 3.63) is 29.8 Å². The van der Waals surface area contributed by atoms with Crippen molar-refractivity contribution in [3.63, 3.8) is 0 Å². The Morgan fingerprint density at radius 2 is 2.21 bits per heavy atom. The van der Waals surface area contributed by atoms with Crippen LogP contribution >= 0.6 is 0 Å². The summed E-state index contributed by atoms with van der Waals surface area (Å²) in [6.07, 6.45) is 0. The number of anilines is 1. The summed E-state index contributed by atoms with van der Waals surface area (Å²) < 4.78 is 10.1. The van der Waals surface area contributed by atoms with E-state index >= 15 is 0 Å². The maximum atomic E-state index is 11.3. The number of morpholine rings is 1. The number of likely N-dealkylation sites (N-methyl/N-ethyl adjacent to an activating group) is 1. The van der Waals surface area contributed by atoms with Gasteiger partial charge in [-0.25, -0.2) is 4.79 Å². The molecule has 104 valence electrons. The van der Waals surface area contributed by atoms with E-state index in [1.165, 1.54) is 7.11 Å². The molecule has 5 heteroatoms. The van der Waals surface area contributed by atoms with Crippen molar-refractivity contribution in [2.75, 3.05) is 45.4 Å². The molecule has 0 bridgehead atoms. The lowest BCUT2D eigenvalue weighted by molar-refractivity contribution is 0.0601. The molecule has 1 saturated heterocycles. The van der Waals surface area contributed by atoms with Gasteiger partial charge in [-0.2, -0.15) is 0 Å². The number of carbonyl (C=O) groups excluding carboxylic acids is 1. The Balaban J connectivity index is 1.94. The average molecular weight is 264 g/mol. The molecule has 0 saturated carbocycles. The van der Waals surface area contributed by atoms with Gasteiger partial charge in [-0.15, -0.1) is 0 Å². The van der Waals surface area contributed by atoms with Crippen LogP contribution in [0.25, 0.3) is 0 Å². The van der Waals surface area contributed by atoms with Crippen LogP contribution in [0, 0.1) is 0 Å². The molecule has 1 aromatic rings. The van der Waals surface area contributed by atoms with Gasteiger partial charge < -0.3 is 19.7 Å². The van der Waals surface area contributed by atoms with Crippen molar-refractivity contribution in [1.29, 1.82) is 0 Å². The molecule has 1 unspecified atom stereocenters. The summed E-state index contributed by atoms with van der Waals surface area (Å²) in [6, 6.07) is 7.76. The summed E-state index contributed by atoms with van der Waals surface area (Å²) in [6.45, 7) is 3.30. The van der Waals surface area contributed by atoms with Gasteiger partial charge in [0.1, 0.15) is 0 Å². The first-order chi connectivity index (χ1) is 9.20. The number of esters is 1. The van der Waals surface area contributed by atoms with Gasteiger partial charge in [0.05, 0.1) is 25.9 Å². The molecular formula is C14H20N2O3. The minimum Gasteiger partial charge on any atom is -0.465 e. The summed E-state index contributed by atoms with van der Waals surface area (Å²) in [7, 11) is 3.42. The number of hydrogen-bond acceptors (Lipinski definition) is 5. The largest absolute Gasteiger partial charge is 0.465 e. The Labute approximate surface area is 113 Å². The molecule has 2 rings (SSSR count). The number of nitrogens with one attached hydrogen (secondary N) is 1. The fourth-order valence-corrected chi connectivity index (χ4v) is 2.14. The normalized spacial score (nSPS) is 18.9. The molecule has 0 aliphatic carbocycles. The highest BCUT2D eigenvalue weighted by atomic mass is 16.5. The highest BCUT2D eigenvalue weighted by Crippen LogP contribution is 2.15. The molecule has 0 spiro atoms. The molecular weight excluding hydrogens is 244 g/mol. The zero-order valence-electron chi connectivity index (χ0n) is 11.4. The van der Waals surface area contributed by atoms with E-state index in [2.05, 4.69) is 15.0 Å². The van der Waals surface area contributed by atoms with Crippen LogP contribution < -0.4 is 10.2 Å². The van der Waals surface area contributed by atoms with Crippen LogP contribution in [0.3, 0.4) is 0 Å². The Kier molecular flexibility index (Phi) is 4.76. The molecule has 1 fully saturated rings. The quantitative estimate of drug-likeness (QED) is 0.819. The third-order valence-electron chi connectivity index (χ3n) is 3.22. The van der Waals surface area contributed by atoms with Crippen molar-refractivity contribution in [2.45, 2.75) is 6.04 Å². The van der Waals surface area contributed by atoms with Gasteiger partial charge in [0, 0.05) is 31.9 Å². The van der Waals surface area contributed by atoms with Gasteiger partial charge in [0.25, 0.3) is 0 Å². The summed E-state index contributed by atoms with van der Waals surface area (Å²) in [4.78, 5) is 13.5. The lowest BCUT2D eigenvalue weighted by atomic mass is 10.2. The minimum atomic E-state index is -0.309. The molecule has 1 aromatic carbocycles. The summed E-state index contributed by atoms with van der Waals surface area (Å²) in [5.41, 5.74) is 1.64. The molecule has 1 aliphatic rings. The summed E-state index contributed by atoms with van der Waals surface area (Å²) in [5, 5.41) is 3.42. The van der Waals surface area contributed by atoms with E-state index in [0.717, 1.165) is 32.0 Å². The van der Waals surface area contributed by atoms with Crippen molar-refractivity contribution in [3.8, 4) is 0 Å². The topological polar surface area (TPSA) is 50.8 Å². The van der Waals surface area contributed by atoms with Gasteiger partial charge in [-0.3, -0.25) is 0 Å². The number of benzene rings is 1. The zero-order valence-corrected chi connectivity index (χ0v) is 11.4. The highest BCUT2D eigenvalue weighted by Gasteiger charge is 2.15. The lowest BCUT2D eigenvalue weighted by Gasteiger charge is -2.29. The summed E-state index contributed by atoms with van der Waals surface area (Å²) >= 11 is 0. The molecule has 0 aromatic heterocycles. The fraction of sp³-hybridized carbons (Fsp3) is 0.500. The number of carbonyl (C=O) groups is 1. The second kappa shape index (κ2) is 6.54. The predicted molar refractivity (Wildman–Crippen MR) is 73.7 cm³/mol. The first-order valence-electron chi connectivity index (χ1n) is 6.41. The van der Waals surface area contributed by atoms with E-state index in [1.807, 2.05) is 19.2 Å². The standard InChI is InChI=1S/C14H20N2O3/c1-16(9-12-10-19-8-7-15-12)13-5-3-11(4-6-13)14(17)18-2/h3-6,12,15H,7-10H2,1-2H3. The Morgan fingerprint density at radius 1 is 1.47 bits per heavy atom. The van der Waals surface area contributed by atoms with Gasteiger partial charge in [-0.1, -0.05) is 0 Å². The van der Waals surface area contributed by atoms with Crippen LogP contribution in [-0.2, 0) is 9.47 Å². The van der Waals surface area contributed by atoms with E-state index in [4.69, 9.17) is 4.74 Å². The van der Waals surface area contributed by atoms with E-state index in [-0.39, 0.29) is 5.97 Å². The van der Waals surface area contributed by atoms with Crippen molar-refractivity contribution >= 4 is 11.7 Å². The van der Waals surface area contributed by atoms with Gasteiger partial charge in [0.2, 0.25) is 0 Å². The Hall–Kier alpha value is -1.59. The third-order valence-corrected chi connectivity index (χ3v) is 3.22. The number of ether oxygens (including phenoxy) is 2. The molecule has 1 atom stereocenters. The number of rotatable bonds is 4. The number of methoxy groups -OCH3 is 1. The van der Waals surface area contributed by atoms with Crippen molar-refractivity contribution in [2.24, 2.45) is 0 Å². The van der Waals surface area contributed by atoms with Crippen LogP contribution in [0.4, 0.5) is 5.69 Å². The first kappa shape index (κ1) is 13.8. The molecule has 1 heterocycles. The number of hydrogen-bond donors (Lipinski definition) is 1. The van der Waals surface area contributed by atoms with Crippen LogP contribution in [0.1, 0.15) is 10.4 Å². The molecule has 1 N–H and O–H groups in total. The van der Waals surface area contributed by atoms with E-state index < -0.39 is 0 Å². The summed E-state index contributed by atoms with van der Waals surface area (Å²) in [5.74, 6) is -0.309. The SMILES string of the molecule is COC(=O)c1ccc(N(C)CC2COCCN2)cc1. The average Bonchev–Trinajstić information content (AvgIpc) is 2.47. The zero-order chi connectivity index (χ0) is 13.7. The number of nitrogens with zero attached hydrogens (tertiary/aromatic N) is 1. The molecule has 19 heavy (non-hydrogen) atoms. The van der Waals surface area contributed by atoms with Gasteiger partial charge >= 0.3 is 5.97 Å². The molecule has 5 nitrogen and oxygen atoms in total. The van der Waals surface area contributed by atoms with Crippen molar-refractivity contribution in [1.82, 2.24) is 5.32 Å². The smallest absolute Gasteiger partial charge is 0.337 e.